The molecule has 0 aliphatic carbocycles. The van der Waals surface area contributed by atoms with E-state index in [-0.39, 0.29) is 24.1 Å². The SMILES string of the molecule is COCc1ccc([C@@H](NC(=O)[C@H](CN)CC=O)C(=O)Nc2ccc(C(C)(C)C)c(F)c2)cc1. The van der Waals surface area contributed by atoms with Gasteiger partial charge in [0.05, 0.1) is 12.5 Å². The largest absolute Gasteiger partial charge is 0.380 e. The van der Waals surface area contributed by atoms with Gasteiger partial charge in [0.2, 0.25) is 5.91 Å². The Morgan fingerprint density at radius 3 is 2.30 bits per heavy atom. The molecule has 0 fully saturated rings. The fourth-order valence-corrected chi connectivity index (χ4v) is 3.38. The number of carbonyl (C=O) groups is 3. The van der Waals surface area contributed by atoms with Crippen molar-refractivity contribution in [3.63, 3.8) is 0 Å². The summed E-state index contributed by atoms with van der Waals surface area (Å²) in [6.07, 6.45) is 0.564. The standard InChI is InChI=1S/C25H32FN3O4/c1-25(2,3)20-10-9-19(13-21(20)26)28-24(32)22(29-23(31)18(14-27)11-12-30)17-7-5-16(6-8-17)15-33-4/h5-10,12-13,18,22H,11,14-15,27H2,1-4H3,(H,28,32)(H,29,31)/t18-,22+/m0/s1. The number of nitrogens with two attached hydrogens (primary N) is 1. The van der Waals surface area contributed by atoms with Crippen LogP contribution in [0, 0.1) is 11.7 Å². The number of hydrogen-bond acceptors (Lipinski definition) is 5. The third-order valence-corrected chi connectivity index (χ3v) is 5.25. The number of amides is 2. The molecule has 0 aliphatic heterocycles. The first kappa shape index (κ1) is 26.2. The van der Waals surface area contributed by atoms with Crippen LogP contribution in [0.15, 0.2) is 42.5 Å². The topological polar surface area (TPSA) is 111 Å². The van der Waals surface area contributed by atoms with Crippen molar-refractivity contribution < 1.29 is 23.5 Å². The van der Waals surface area contributed by atoms with Gasteiger partial charge in [-0.05, 0) is 34.2 Å². The lowest BCUT2D eigenvalue weighted by atomic mass is 9.86. The maximum absolute atomic E-state index is 14.6. The number of carbonyl (C=O) groups excluding carboxylic acids is 3. The van der Waals surface area contributed by atoms with E-state index in [4.69, 9.17) is 10.5 Å². The highest BCUT2D eigenvalue weighted by atomic mass is 19.1. The molecule has 0 unspecified atom stereocenters. The molecule has 0 heterocycles. The van der Waals surface area contributed by atoms with Crippen LogP contribution in [-0.4, -0.2) is 31.8 Å². The molecule has 2 rings (SSSR count). The fourth-order valence-electron chi connectivity index (χ4n) is 3.38. The number of methoxy groups -OCH3 is 1. The highest BCUT2D eigenvalue weighted by Gasteiger charge is 2.27. The number of anilines is 1. The summed E-state index contributed by atoms with van der Waals surface area (Å²) in [5.74, 6) is -2.25. The maximum atomic E-state index is 14.6. The number of benzene rings is 2. The number of rotatable bonds is 10. The Balaban J connectivity index is 2.31. The fraction of sp³-hybridized carbons (Fsp3) is 0.400. The molecule has 178 valence electrons. The lowest BCUT2D eigenvalue weighted by Crippen LogP contribution is -2.42. The van der Waals surface area contributed by atoms with E-state index in [0.29, 0.717) is 24.0 Å². The van der Waals surface area contributed by atoms with Crippen molar-refractivity contribution in [1.82, 2.24) is 5.32 Å². The minimum atomic E-state index is -1.07. The molecular formula is C25H32FN3O4. The number of hydrogen-bond donors (Lipinski definition) is 3. The molecule has 0 saturated carbocycles. The van der Waals surface area contributed by atoms with E-state index in [1.54, 1.807) is 43.5 Å². The highest BCUT2D eigenvalue weighted by Crippen LogP contribution is 2.27. The summed E-state index contributed by atoms with van der Waals surface area (Å²) in [5, 5.41) is 5.35. The highest BCUT2D eigenvalue weighted by molar-refractivity contribution is 5.98. The minimum absolute atomic E-state index is 0.0365. The van der Waals surface area contributed by atoms with Crippen molar-refractivity contribution >= 4 is 23.8 Å². The lowest BCUT2D eigenvalue weighted by molar-refractivity contribution is -0.130. The van der Waals surface area contributed by atoms with Gasteiger partial charge in [-0.3, -0.25) is 9.59 Å². The molecule has 0 radical (unpaired) electrons. The van der Waals surface area contributed by atoms with Gasteiger partial charge >= 0.3 is 0 Å². The van der Waals surface area contributed by atoms with Crippen LogP contribution in [0.25, 0.3) is 0 Å². The molecule has 8 heteroatoms. The average Bonchev–Trinajstić information content (AvgIpc) is 2.75. The van der Waals surface area contributed by atoms with Gasteiger partial charge in [-0.25, -0.2) is 4.39 Å². The number of nitrogens with one attached hydrogen (secondary N) is 2. The Kier molecular flexibility index (Phi) is 9.25. The van der Waals surface area contributed by atoms with Gasteiger partial charge in [-0.2, -0.15) is 0 Å². The molecule has 2 atom stereocenters. The normalized spacial score (nSPS) is 13.2. The van der Waals surface area contributed by atoms with Crippen LogP contribution in [0.4, 0.5) is 10.1 Å². The summed E-state index contributed by atoms with van der Waals surface area (Å²) in [5.41, 5.74) is 7.44. The number of aldehydes is 1. The smallest absolute Gasteiger partial charge is 0.251 e. The minimum Gasteiger partial charge on any atom is -0.380 e. The molecule has 2 aromatic rings. The number of ether oxygens (including phenoxy) is 1. The van der Waals surface area contributed by atoms with Gasteiger partial charge in [0.1, 0.15) is 18.1 Å². The van der Waals surface area contributed by atoms with Gasteiger partial charge in [0, 0.05) is 25.8 Å². The molecule has 0 aliphatic rings. The van der Waals surface area contributed by atoms with Crippen molar-refractivity contribution in [1.29, 1.82) is 0 Å². The third kappa shape index (κ3) is 7.20. The summed E-state index contributed by atoms with van der Waals surface area (Å²) < 4.78 is 19.7. The molecule has 0 aromatic heterocycles. The molecule has 0 spiro atoms. The predicted molar refractivity (Wildman–Crippen MR) is 125 cm³/mol. The van der Waals surface area contributed by atoms with Crippen LogP contribution < -0.4 is 16.4 Å². The van der Waals surface area contributed by atoms with Crippen molar-refractivity contribution in [3.8, 4) is 0 Å². The first-order valence-electron chi connectivity index (χ1n) is 10.7. The summed E-state index contributed by atoms with van der Waals surface area (Å²) in [6, 6.07) is 10.4. The number of halogens is 1. The van der Waals surface area contributed by atoms with Gasteiger partial charge in [-0.1, -0.05) is 51.1 Å². The Morgan fingerprint density at radius 2 is 1.79 bits per heavy atom. The van der Waals surface area contributed by atoms with E-state index in [0.717, 1.165) is 5.56 Å². The summed E-state index contributed by atoms with van der Waals surface area (Å²) >= 11 is 0. The third-order valence-electron chi connectivity index (χ3n) is 5.25. The molecule has 2 amide bonds. The molecule has 0 saturated heterocycles. The van der Waals surface area contributed by atoms with Crippen LogP contribution >= 0.6 is 0 Å². The average molecular weight is 458 g/mol. The van der Waals surface area contributed by atoms with Crippen LogP contribution in [0.2, 0.25) is 0 Å². The van der Waals surface area contributed by atoms with Gasteiger partial charge in [-0.15, -0.1) is 0 Å². The predicted octanol–water partition coefficient (Wildman–Crippen LogP) is 3.23. The maximum Gasteiger partial charge on any atom is 0.251 e. The second-order valence-electron chi connectivity index (χ2n) is 8.89. The Morgan fingerprint density at radius 1 is 1.12 bits per heavy atom. The summed E-state index contributed by atoms with van der Waals surface area (Å²) in [6.45, 7) is 6.06. The lowest BCUT2D eigenvalue weighted by Gasteiger charge is -2.23. The quantitative estimate of drug-likeness (QED) is 0.475. The van der Waals surface area contributed by atoms with E-state index >= 15 is 0 Å². The Labute approximate surface area is 193 Å². The van der Waals surface area contributed by atoms with Crippen LogP contribution in [0.3, 0.4) is 0 Å². The first-order chi connectivity index (χ1) is 15.6. The molecule has 2 aromatic carbocycles. The molecule has 33 heavy (non-hydrogen) atoms. The van der Waals surface area contributed by atoms with Crippen LogP contribution in [-0.2, 0) is 31.1 Å². The zero-order valence-corrected chi connectivity index (χ0v) is 19.5. The second kappa shape index (κ2) is 11.7. The van der Waals surface area contributed by atoms with Crippen molar-refractivity contribution in [2.75, 3.05) is 19.0 Å². The summed E-state index contributed by atoms with van der Waals surface area (Å²) in [4.78, 5) is 36.7. The van der Waals surface area contributed by atoms with E-state index in [1.807, 2.05) is 20.8 Å². The Bertz CT molecular complexity index is 971. The first-order valence-corrected chi connectivity index (χ1v) is 10.7. The molecule has 0 bridgehead atoms. The van der Waals surface area contributed by atoms with Gasteiger partial charge in [0.15, 0.2) is 0 Å². The molecular weight excluding hydrogens is 425 g/mol. The molecule has 7 nitrogen and oxygen atoms in total. The van der Waals surface area contributed by atoms with Crippen LogP contribution in [0.5, 0.6) is 0 Å². The zero-order valence-electron chi connectivity index (χ0n) is 19.5. The van der Waals surface area contributed by atoms with Gasteiger partial charge < -0.3 is 25.9 Å². The second-order valence-corrected chi connectivity index (χ2v) is 8.89. The van der Waals surface area contributed by atoms with E-state index in [9.17, 15) is 18.8 Å². The molecule has 4 N–H and O–H groups in total. The summed E-state index contributed by atoms with van der Waals surface area (Å²) in [7, 11) is 1.58. The van der Waals surface area contributed by atoms with E-state index < -0.39 is 29.6 Å². The Hall–Kier alpha value is -3.10. The zero-order chi connectivity index (χ0) is 24.6. The van der Waals surface area contributed by atoms with Crippen molar-refractivity contribution in [2.45, 2.75) is 45.3 Å². The van der Waals surface area contributed by atoms with E-state index in [2.05, 4.69) is 10.6 Å². The van der Waals surface area contributed by atoms with E-state index in [1.165, 1.54) is 6.07 Å². The van der Waals surface area contributed by atoms with Crippen molar-refractivity contribution in [3.05, 3.63) is 65.0 Å². The van der Waals surface area contributed by atoms with Crippen LogP contribution in [0.1, 0.15) is 49.9 Å². The van der Waals surface area contributed by atoms with Gasteiger partial charge in [0.25, 0.3) is 5.91 Å². The monoisotopic (exact) mass is 457 g/mol. The van der Waals surface area contributed by atoms with Crippen molar-refractivity contribution in [2.24, 2.45) is 11.7 Å².